The van der Waals surface area contributed by atoms with Crippen molar-refractivity contribution in [2.75, 3.05) is 18.5 Å². The van der Waals surface area contributed by atoms with Gasteiger partial charge in [0.25, 0.3) is 0 Å². The van der Waals surface area contributed by atoms with Crippen LogP contribution in [-0.4, -0.2) is 29.5 Å². The SMILES string of the molecule is Cc1cccc(NC[C@H](O)CO)c1Br. The first-order valence-electron chi connectivity index (χ1n) is 4.43. The zero-order valence-electron chi connectivity index (χ0n) is 8.00. The van der Waals surface area contributed by atoms with Crippen LogP contribution in [0.4, 0.5) is 5.69 Å². The summed E-state index contributed by atoms with van der Waals surface area (Å²) < 4.78 is 0.991. The predicted molar refractivity (Wildman–Crippen MR) is 60.5 cm³/mol. The van der Waals surface area contributed by atoms with Crippen molar-refractivity contribution < 1.29 is 10.2 Å². The average molecular weight is 260 g/mol. The van der Waals surface area contributed by atoms with Crippen LogP contribution in [0.2, 0.25) is 0 Å². The van der Waals surface area contributed by atoms with E-state index in [0.29, 0.717) is 6.54 Å². The molecule has 0 spiro atoms. The molecule has 1 atom stereocenters. The summed E-state index contributed by atoms with van der Waals surface area (Å²) in [5.41, 5.74) is 2.06. The summed E-state index contributed by atoms with van der Waals surface area (Å²) in [6.45, 7) is 2.12. The first-order chi connectivity index (χ1) is 6.65. The topological polar surface area (TPSA) is 52.5 Å². The lowest BCUT2D eigenvalue weighted by Gasteiger charge is -2.12. The third-order valence-electron chi connectivity index (χ3n) is 1.93. The summed E-state index contributed by atoms with van der Waals surface area (Å²) in [5.74, 6) is 0. The lowest BCUT2D eigenvalue weighted by Crippen LogP contribution is -2.23. The molecule has 0 bridgehead atoms. The fourth-order valence-corrected chi connectivity index (χ4v) is 1.48. The van der Waals surface area contributed by atoms with E-state index < -0.39 is 6.10 Å². The van der Waals surface area contributed by atoms with Gasteiger partial charge in [0.1, 0.15) is 0 Å². The fourth-order valence-electron chi connectivity index (χ4n) is 1.08. The molecule has 3 nitrogen and oxygen atoms in total. The molecule has 1 aromatic rings. The van der Waals surface area contributed by atoms with E-state index in [4.69, 9.17) is 10.2 Å². The van der Waals surface area contributed by atoms with E-state index in [2.05, 4.69) is 21.2 Å². The quantitative estimate of drug-likeness (QED) is 0.769. The van der Waals surface area contributed by atoms with Crippen molar-refractivity contribution in [1.82, 2.24) is 0 Å². The summed E-state index contributed by atoms with van der Waals surface area (Å²) in [7, 11) is 0. The van der Waals surface area contributed by atoms with Crippen LogP contribution in [0.15, 0.2) is 22.7 Å². The van der Waals surface area contributed by atoms with Gasteiger partial charge in [0.2, 0.25) is 0 Å². The smallest absolute Gasteiger partial charge is 0.0942 e. The number of rotatable bonds is 4. The number of aryl methyl sites for hydroxylation is 1. The Morgan fingerprint density at radius 1 is 1.50 bits per heavy atom. The molecule has 0 unspecified atom stereocenters. The molecular weight excluding hydrogens is 246 g/mol. The van der Waals surface area contributed by atoms with Gasteiger partial charge in [-0.25, -0.2) is 0 Å². The number of anilines is 1. The molecule has 0 saturated carbocycles. The Labute approximate surface area is 91.9 Å². The molecular formula is C10H14BrNO2. The number of nitrogens with one attached hydrogen (secondary N) is 1. The van der Waals surface area contributed by atoms with Crippen molar-refractivity contribution in [3.05, 3.63) is 28.2 Å². The molecule has 0 saturated heterocycles. The van der Waals surface area contributed by atoms with Crippen molar-refractivity contribution in [3.8, 4) is 0 Å². The third kappa shape index (κ3) is 2.97. The predicted octanol–water partition coefficient (Wildman–Crippen LogP) is 1.52. The maximum Gasteiger partial charge on any atom is 0.0942 e. The number of benzene rings is 1. The molecule has 3 N–H and O–H groups in total. The minimum absolute atomic E-state index is 0.226. The van der Waals surface area contributed by atoms with Gasteiger partial charge in [-0.15, -0.1) is 0 Å². The van der Waals surface area contributed by atoms with Crippen LogP contribution in [0.25, 0.3) is 0 Å². The second-order valence-electron chi connectivity index (χ2n) is 3.15. The molecule has 0 fully saturated rings. The molecule has 0 heterocycles. The summed E-state index contributed by atoms with van der Waals surface area (Å²) in [6.07, 6.45) is -0.720. The Bertz CT molecular complexity index is 304. The van der Waals surface area contributed by atoms with Gasteiger partial charge in [-0.05, 0) is 34.5 Å². The Kier molecular flexibility index (Phi) is 4.38. The average Bonchev–Trinajstić information content (AvgIpc) is 2.20. The highest BCUT2D eigenvalue weighted by atomic mass is 79.9. The third-order valence-corrected chi connectivity index (χ3v) is 2.98. The van der Waals surface area contributed by atoms with Crippen LogP contribution in [0.5, 0.6) is 0 Å². The van der Waals surface area contributed by atoms with Crippen molar-refractivity contribution in [2.45, 2.75) is 13.0 Å². The van der Waals surface area contributed by atoms with Crippen LogP contribution >= 0.6 is 15.9 Å². The van der Waals surface area contributed by atoms with Crippen LogP contribution in [0.1, 0.15) is 5.56 Å². The largest absolute Gasteiger partial charge is 0.394 e. The molecule has 0 radical (unpaired) electrons. The van der Waals surface area contributed by atoms with Gasteiger partial charge < -0.3 is 15.5 Å². The molecule has 0 aliphatic heterocycles. The lowest BCUT2D eigenvalue weighted by molar-refractivity contribution is 0.105. The van der Waals surface area contributed by atoms with Crippen LogP contribution in [0.3, 0.4) is 0 Å². The van der Waals surface area contributed by atoms with Crippen LogP contribution < -0.4 is 5.32 Å². The molecule has 0 amide bonds. The fraction of sp³-hybridized carbons (Fsp3) is 0.400. The molecule has 1 rings (SSSR count). The monoisotopic (exact) mass is 259 g/mol. The summed E-state index contributed by atoms with van der Waals surface area (Å²) in [4.78, 5) is 0. The van der Waals surface area contributed by atoms with E-state index in [-0.39, 0.29) is 6.61 Å². The van der Waals surface area contributed by atoms with E-state index in [9.17, 15) is 0 Å². The lowest BCUT2D eigenvalue weighted by atomic mass is 10.2. The van der Waals surface area contributed by atoms with Crippen LogP contribution in [-0.2, 0) is 0 Å². The summed E-state index contributed by atoms with van der Waals surface area (Å²) in [6, 6.07) is 5.85. The number of aliphatic hydroxyl groups excluding tert-OH is 2. The molecule has 1 aromatic carbocycles. The Hall–Kier alpha value is -0.580. The van der Waals surface area contributed by atoms with Gasteiger partial charge in [0, 0.05) is 16.7 Å². The maximum atomic E-state index is 9.15. The minimum atomic E-state index is -0.720. The maximum absolute atomic E-state index is 9.15. The summed E-state index contributed by atoms with van der Waals surface area (Å²) >= 11 is 3.45. The van der Waals surface area contributed by atoms with Gasteiger partial charge in [-0.1, -0.05) is 12.1 Å². The number of aliphatic hydroxyl groups is 2. The highest BCUT2D eigenvalue weighted by molar-refractivity contribution is 9.10. The molecule has 78 valence electrons. The second-order valence-corrected chi connectivity index (χ2v) is 3.95. The van der Waals surface area contributed by atoms with Gasteiger partial charge >= 0.3 is 0 Å². The van der Waals surface area contributed by atoms with Gasteiger partial charge in [-0.2, -0.15) is 0 Å². The molecule has 0 aliphatic carbocycles. The molecule has 4 heteroatoms. The zero-order valence-corrected chi connectivity index (χ0v) is 9.58. The number of halogens is 1. The minimum Gasteiger partial charge on any atom is -0.394 e. The van der Waals surface area contributed by atoms with Crippen molar-refractivity contribution in [2.24, 2.45) is 0 Å². The first-order valence-corrected chi connectivity index (χ1v) is 5.22. The normalized spacial score (nSPS) is 12.6. The van der Waals surface area contributed by atoms with Gasteiger partial charge in [0.05, 0.1) is 12.7 Å². The first kappa shape index (κ1) is 11.5. The van der Waals surface area contributed by atoms with E-state index in [1.54, 1.807) is 0 Å². The van der Waals surface area contributed by atoms with Gasteiger partial charge in [-0.3, -0.25) is 0 Å². The number of hydrogen-bond donors (Lipinski definition) is 3. The van der Waals surface area contributed by atoms with E-state index in [1.807, 2.05) is 25.1 Å². The highest BCUT2D eigenvalue weighted by Crippen LogP contribution is 2.25. The Morgan fingerprint density at radius 3 is 2.86 bits per heavy atom. The van der Waals surface area contributed by atoms with E-state index >= 15 is 0 Å². The van der Waals surface area contributed by atoms with Crippen LogP contribution in [0, 0.1) is 6.92 Å². The zero-order chi connectivity index (χ0) is 10.6. The molecule has 0 aliphatic rings. The molecule has 0 aromatic heterocycles. The number of hydrogen-bond acceptors (Lipinski definition) is 3. The molecule has 14 heavy (non-hydrogen) atoms. The van der Waals surface area contributed by atoms with Crippen molar-refractivity contribution >= 4 is 21.6 Å². The Morgan fingerprint density at radius 2 is 2.21 bits per heavy atom. The second kappa shape index (κ2) is 5.34. The Balaban J connectivity index is 2.63. The highest BCUT2D eigenvalue weighted by Gasteiger charge is 2.04. The van der Waals surface area contributed by atoms with E-state index in [0.717, 1.165) is 15.7 Å². The summed E-state index contributed by atoms with van der Waals surface area (Å²) in [5, 5.41) is 20.8. The van der Waals surface area contributed by atoms with Crippen molar-refractivity contribution in [3.63, 3.8) is 0 Å². The van der Waals surface area contributed by atoms with Crippen molar-refractivity contribution in [1.29, 1.82) is 0 Å². The van der Waals surface area contributed by atoms with E-state index in [1.165, 1.54) is 0 Å². The standard InChI is InChI=1S/C10H14BrNO2/c1-7-3-2-4-9(10(7)11)12-5-8(14)6-13/h2-4,8,12-14H,5-6H2,1H3/t8-/m0/s1. The van der Waals surface area contributed by atoms with Gasteiger partial charge in [0.15, 0.2) is 0 Å².